The minimum atomic E-state index is 0.557. The summed E-state index contributed by atoms with van der Waals surface area (Å²) in [4.78, 5) is 5.41. The largest absolute Gasteiger partial charge is 0.313 e. The van der Waals surface area contributed by atoms with Gasteiger partial charge in [-0.2, -0.15) is 5.06 Å². The van der Waals surface area contributed by atoms with E-state index in [1.165, 1.54) is 12.8 Å². The molecular weight excluding hydrogens is 152 g/mol. The van der Waals surface area contributed by atoms with E-state index in [1.54, 1.807) is 0 Å². The van der Waals surface area contributed by atoms with Crippen molar-refractivity contribution in [3.8, 4) is 0 Å². The summed E-state index contributed by atoms with van der Waals surface area (Å²) in [5.74, 6) is 0. The summed E-state index contributed by atoms with van der Waals surface area (Å²) in [6.07, 6.45) is 2.49. The molecule has 3 heteroatoms. The van der Waals surface area contributed by atoms with Gasteiger partial charge in [-0.1, -0.05) is 0 Å². The first-order valence-electron chi connectivity index (χ1n) is 4.83. The van der Waals surface area contributed by atoms with Gasteiger partial charge < -0.3 is 5.32 Å². The average Bonchev–Trinajstić information content (AvgIpc) is 2.06. The first-order valence-corrected chi connectivity index (χ1v) is 4.83. The van der Waals surface area contributed by atoms with Crippen LogP contribution < -0.4 is 5.32 Å². The summed E-state index contributed by atoms with van der Waals surface area (Å²) in [7, 11) is 2.02. The van der Waals surface area contributed by atoms with Crippen LogP contribution in [0.15, 0.2) is 0 Å². The van der Waals surface area contributed by atoms with Gasteiger partial charge in [-0.3, -0.25) is 4.84 Å². The lowest BCUT2D eigenvalue weighted by atomic mass is 10.0. The van der Waals surface area contributed by atoms with Crippen LogP contribution in [0, 0.1) is 0 Å². The Labute approximate surface area is 75.0 Å². The van der Waals surface area contributed by atoms with Crippen molar-refractivity contribution < 1.29 is 4.84 Å². The number of rotatable bonds is 3. The van der Waals surface area contributed by atoms with Crippen LogP contribution >= 0.6 is 0 Å². The molecular formula is C9H20N2O. The minimum absolute atomic E-state index is 0.557. The van der Waals surface area contributed by atoms with Crippen molar-refractivity contribution in [2.75, 3.05) is 20.2 Å². The van der Waals surface area contributed by atoms with Gasteiger partial charge in [0.1, 0.15) is 0 Å². The van der Waals surface area contributed by atoms with Crippen LogP contribution in [0.2, 0.25) is 0 Å². The van der Waals surface area contributed by atoms with E-state index in [0.29, 0.717) is 12.1 Å². The highest BCUT2D eigenvalue weighted by molar-refractivity contribution is 4.77. The molecule has 1 N–H and O–H groups in total. The molecule has 0 amide bonds. The summed E-state index contributed by atoms with van der Waals surface area (Å²) in [5.41, 5.74) is 0. The summed E-state index contributed by atoms with van der Waals surface area (Å²) < 4.78 is 0. The number of likely N-dealkylation sites (N-methyl/N-ethyl adjacent to an activating group) is 1. The maximum Gasteiger partial charge on any atom is 0.0656 e. The molecule has 1 aliphatic heterocycles. The number of hydroxylamine groups is 2. The molecule has 0 aliphatic carbocycles. The zero-order valence-electron chi connectivity index (χ0n) is 8.34. The van der Waals surface area contributed by atoms with Crippen molar-refractivity contribution >= 4 is 0 Å². The third-order valence-electron chi connectivity index (χ3n) is 2.48. The number of piperidine rings is 1. The molecule has 1 heterocycles. The van der Waals surface area contributed by atoms with Crippen molar-refractivity contribution in [2.45, 2.75) is 38.8 Å². The Balaban J connectivity index is 2.24. The third kappa shape index (κ3) is 2.73. The van der Waals surface area contributed by atoms with Gasteiger partial charge in [-0.25, -0.2) is 0 Å². The maximum absolute atomic E-state index is 5.41. The molecule has 0 bridgehead atoms. The van der Waals surface area contributed by atoms with Gasteiger partial charge in [0.15, 0.2) is 0 Å². The van der Waals surface area contributed by atoms with Crippen molar-refractivity contribution in [1.29, 1.82) is 0 Å². The second kappa shape index (κ2) is 4.80. The van der Waals surface area contributed by atoms with E-state index < -0.39 is 0 Å². The van der Waals surface area contributed by atoms with Gasteiger partial charge in [-0.05, 0) is 26.7 Å². The average molecular weight is 172 g/mol. The maximum atomic E-state index is 5.41. The van der Waals surface area contributed by atoms with E-state index in [1.807, 2.05) is 19.0 Å². The van der Waals surface area contributed by atoms with Gasteiger partial charge in [-0.15, -0.1) is 0 Å². The van der Waals surface area contributed by atoms with Gasteiger partial charge in [0.25, 0.3) is 0 Å². The molecule has 1 aliphatic rings. The molecule has 1 rings (SSSR count). The molecule has 3 nitrogen and oxygen atoms in total. The molecule has 2 unspecified atom stereocenters. The van der Waals surface area contributed by atoms with E-state index in [9.17, 15) is 0 Å². The third-order valence-corrected chi connectivity index (χ3v) is 2.48. The summed E-state index contributed by atoms with van der Waals surface area (Å²) in [5, 5.41) is 5.43. The van der Waals surface area contributed by atoms with Crippen LogP contribution in [0.4, 0.5) is 0 Å². The molecule has 0 radical (unpaired) electrons. The van der Waals surface area contributed by atoms with Crippen LogP contribution in [0.5, 0.6) is 0 Å². The Kier molecular flexibility index (Phi) is 3.98. The van der Waals surface area contributed by atoms with Crippen LogP contribution in [0.3, 0.4) is 0 Å². The molecule has 0 aromatic rings. The normalized spacial score (nSPS) is 31.0. The Bertz CT molecular complexity index is 122. The fourth-order valence-electron chi connectivity index (χ4n) is 1.60. The van der Waals surface area contributed by atoms with Crippen molar-refractivity contribution in [3.63, 3.8) is 0 Å². The predicted molar refractivity (Wildman–Crippen MR) is 49.9 cm³/mol. The topological polar surface area (TPSA) is 24.5 Å². The standard InChI is InChI=1S/C9H20N2O/c1-4-12-11(3)9-6-5-8(2)10-7-9/h8-10H,4-7H2,1-3H3. The van der Waals surface area contributed by atoms with Crippen LogP contribution in [0.25, 0.3) is 0 Å². The van der Waals surface area contributed by atoms with Gasteiger partial charge >= 0.3 is 0 Å². The Morgan fingerprint density at radius 2 is 2.25 bits per heavy atom. The van der Waals surface area contributed by atoms with Crippen molar-refractivity contribution in [1.82, 2.24) is 10.4 Å². The van der Waals surface area contributed by atoms with Crippen LogP contribution in [-0.2, 0) is 4.84 Å². The lowest BCUT2D eigenvalue weighted by Crippen LogP contribution is -2.47. The predicted octanol–water partition coefficient (Wildman–Crippen LogP) is 1.01. The number of nitrogens with one attached hydrogen (secondary N) is 1. The SMILES string of the molecule is CCON(C)C1CCC(C)NC1. The fourth-order valence-corrected chi connectivity index (χ4v) is 1.60. The molecule has 1 fully saturated rings. The lowest BCUT2D eigenvalue weighted by Gasteiger charge is -2.33. The summed E-state index contributed by atoms with van der Waals surface area (Å²) in [6.45, 7) is 6.08. The Morgan fingerprint density at radius 3 is 2.75 bits per heavy atom. The number of hydrogen-bond acceptors (Lipinski definition) is 3. The monoisotopic (exact) mass is 172 g/mol. The highest BCUT2D eigenvalue weighted by atomic mass is 16.7. The smallest absolute Gasteiger partial charge is 0.0656 e. The molecule has 1 saturated heterocycles. The number of hydrogen-bond donors (Lipinski definition) is 1. The molecule has 0 saturated carbocycles. The van der Waals surface area contributed by atoms with Crippen molar-refractivity contribution in [3.05, 3.63) is 0 Å². The summed E-state index contributed by atoms with van der Waals surface area (Å²) in [6, 6.07) is 1.23. The quantitative estimate of drug-likeness (QED) is 0.643. The fraction of sp³-hybridized carbons (Fsp3) is 1.00. The molecule has 0 aromatic carbocycles. The second-order valence-corrected chi connectivity index (χ2v) is 3.50. The zero-order valence-corrected chi connectivity index (χ0v) is 8.34. The van der Waals surface area contributed by atoms with Crippen molar-refractivity contribution in [2.24, 2.45) is 0 Å². The van der Waals surface area contributed by atoms with E-state index >= 15 is 0 Å². The second-order valence-electron chi connectivity index (χ2n) is 3.50. The minimum Gasteiger partial charge on any atom is -0.313 e. The Hall–Kier alpha value is -0.120. The molecule has 0 spiro atoms. The van der Waals surface area contributed by atoms with Crippen LogP contribution in [0.1, 0.15) is 26.7 Å². The van der Waals surface area contributed by atoms with Gasteiger partial charge in [0.05, 0.1) is 6.61 Å². The van der Waals surface area contributed by atoms with E-state index in [-0.39, 0.29) is 0 Å². The van der Waals surface area contributed by atoms with Gasteiger partial charge in [0, 0.05) is 25.7 Å². The van der Waals surface area contributed by atoms with Gasteiger partial charge in [0.2, 0.25) is 0 Å². The van der Waals surface area contributed by atoms with E-state index in [0.717, 1.165) is 13.2 Å². The van der Waals surface area contributed by atoms with E-state index in [2.05, 4.69) is 12.2 Å². The highest BCUT2D eigenvalue weighted by Crippen LogP contribution is 2.12. The molecule has 0 aromatic heterocycles. The lowest BCUT2D eigenvalue weighted by molar-refractivity contribution is -0.167. The Morgan fingerprint density at radius 1 is 1.50 bits per heavy atom. The first-order chi connectivity index (χ1) is 5.74. The highest BCUT2D eigenvalue weighted by Gasteiger charge is 2.21. The van der Waals surface area contributed by atoms with Crippen LogP contribution in [-0.4, -0.2) is 37.3 Å². The van der Waals surface area contributed by atoms with E-state index in [4.69, 9.17) is 4.84 Å². The molecule has 12 heavy (non-hydrogen) atoms. The summed E-state index contributed by atoms with van der Waals surface area (Å²) >= 11 is 0. The first kappa shape index (κ1) is 9.96. The molecule has 72 valence electrons. The molecule has 2 atom stereocenters. The number of nitrogens with zero attached hydrogens (tertiary/aromatic N) is 1. The zero-order chi connectivity index (χ0) is 8.97.